The number of benzene rings is 4. The first-order valence-corrected chi connectivity index (χ1v) is 12.7. The molecule has 0 saturated heterocycles. The molecule has 2 aliphatic carbocycles. The number of carbonyl (C=O) groups excluding carboxylic acids is 2. The van der Waals surface area contributed by atoms with Gasteiger partial charge in [0.15, 0.2) is 0 Å². The zero-order chi connectivity index (χ0) is 26.9. The molecule has 190 valence electrons. The van der Waals surface area contributed by atoms with E-state index in [-0.39, 0.29) is 0 Å². The van der Waals surface area contributed by atoms with Crippen LogP contribution in [0.2, 0.25) is 0 Å². The molecule has 0 aliphatic heterocycles. The zero-order valence-electron chi connectivity index (χ0n) is 21.2. The predicted octanol–water partition coefficient (Wildman–Crippen LogP) is 7.85. The molecule has 5 heteroatoms. The Morgan fingerprint density at radius 3 is 1.92 bits per heavy atom. The molecule has 0 aromatic heterocycles. The summed E-state index contributed by atoms with van der Waals surface area (Å²) in [5.74, 6) is -0.151. The van der Waals surface area contributed by atoms with Crippen LogP contribution in [0.25, 0.3) is 22.4 Å². The fourth-order valence-corrected chi connectivity index (χ4v) is 5.29. The molecule has 0 spiro atoms. The van der Waals surface area contributed by atoms with Crippen molar-refractivity contribution in [3.63, 3.8) is 0 Å². The van der Waals surface area contributed by atoms with Crippen molar-refractivity contribution in [1.29, 1.82) is 0 Å². The lowest BCUT2D eigenvalue weighted by Crippen LogP contribution is -2.14. The number of carbonyl (C=O) groups is 2. The van der Waals surface area contributed by atoms with Crippen LogP contribution in [-0.2, 0) is 16.0 Å². The summed E-state index contributed by atoms with van der Waals surface area (Å²) in [6.45, 7) is 6.92. The Kier molecular flexibility index (Phi) is 6.17. The number of rotatable bonds is 7. The van der Waals surface area contributed by atoms with Crippen LogP contribution in [0, 0.1) is 0 Å². The van der Waals surface area contributed by atoms with Gasteiger partial charge in [-0.05, 0) is 100 Å². The van der Waals surface area contributed by atoms with Crippen molar-refractivity contribution in [2.75, 3.05) is 4.90 Å². The summed E-state index contributed by atoms with van der Waals surface area (Å²) >= 11 is 0. The van der Waals surface area contributed by atoms with Gasteiger partial charge in [-0.15, -0.1) is 0 Å². The lowest BCUT2D eigenvalue weighted by molar-refractivity contribution is -0.129. The molecular weight excluding hydrogens is 486 g/mol. The lowest BCUT2D eigenvalue weighted by atomic mass is 9.81. The highest BCUT2D eigenvalue weighted by molar-refractivity contribution is 6.05. The van der Waals surface area contributed by atoms with Gasteiger partial charge in [0, 0.05) is 23.5 Å². The number of nitrogens with zero attached hydrogens (tertiary/aromatic N) is 1. The van der Waals surface area contributed by atoms with Crippen molar-refractivity contribution >= 4 is 51.4 Å². The van der Waals surface area contributed by atoms with E-state index in [1.54, 1.807) is 24.3 Å². The predicted molar refractivity (Wildman–Crippen MR) is 156 cm³/mol. The Bertz CT molecular complexity index is 1640. The van der Waals surface area contributed by atoms with Gasteiger partial charge < -0.3 is 14.4 Å². The van der Waals surface area contributed by atoms with Crippen molar-refractivity contribution in [3.8, 4) is 11.5 Å². The van der Waals surface area contributed by atoms with Crippen LogP contribution >= 0.6 is 0 Å². The fraction of sp³-hybridized carbons (Fsp3) is 0.0588. The number of allylic oxidation sites excluding steroid dienone is 3. The standard InChI is InChI=1S/C34H25NO4/c1-3-31(36)38-27-16-12-25(13-17-27)35(26-14-18-28(19-15-26)39-32(37)4-2)30-21-11-24-9-8-22-6-5-7-23-10-20-29(30)34(24)33(22)23/h3-6,8-19,21H,1-2,7,20H2. The average Bonchev–Trinajstić information content (AvgIpc) is 2.98. The third-order valence-electron chi connectivity index (χ3n) is 7.01. The summed E-state index contributed by atoms with van der Waals surface area (Å²) in [6.07, 6.45) is 10.8. The van der Waals surface area contributed by atoms with Gasteiger partial charge >= 0.3 is 11.9 Å². The molecule has 39 heavy (non-hydrogen) atoms. The molecule has 0 N–H and O–H groups in total. The lowest BCUT2D eigenvalue weighted by Gasteiger charge is -2.31. The highest BCUT2D eigenvalue weighted by Crippen LogP contribution is 2.46. The van der Waals surface area contributed by atoms with Gasteiger partial charge in [0.25, 0.3) is 0 Å². The van der Waals surface area contributed by atoms with Crippen molar-refractivity contribution in [3.05, 3.63) is 127 Å². The van der Waals surface area contributed by atoms with Crippen LogP contribution in [0.15, 0.2) is 110 Å². The molecule has 6 rings (SSSR count). The van der Waals surface area contributed by atoms with Gasteiger partial charge in [-0.3, -0.25) is 0 Å². The van der Waals surface area contributed by atoms with Crippen LogP contribution in [0.3, 0.4) is 0 Å². The summed E-state index contributed by atoms with van der Waals surface area (Å²) < 4.78 is 10.6. The molecule has 0 fully saturated rings. The maximum atomic E-state index is 11.7. The van der Waals surface area contributed by atoms with Crippen molar-refractivity contribution < 1.29 is 19.1 Å². The number of anilines is 3. The third-order valence-corrected chi connectivity index (χ3v) is 7.01. The van der Waals surface area contributed by atoms with Crippen molar-refractivity contribution in [1.82, 2.24) is 0 Å². The monoisotopic (exact) mass is 511 g/mol. The number of ether oxygens (including phenoxy) is 2. The molecule has 2 aliphatic rings. The fourth-order valence-electron chi connectivity index (χ4n) is 5.29. The van der Waals surface area contributed by atoms with Gasteiger partial charge in [0.2, 0.25) is 0 Å². The van der Waals surface area contributed by atoms with Crippen molar-refractivity contribution in [2.45, 2.75) is 12.8 Å². The normalized spacial score (nSPS) is 12.9. The van der Waals surface area contributed by atoms with E-state index in [2.05, 4.69) is 60.6 Å². The summed E-state index contributed by atoms with van der Waals surface area (Å²) in [6, 6.07) is 23.4. The van der Waals surface area contributed by atoms with E-state index >= 15 is 0 Å². The molecule has 0 heterocycles. The zero-order valence-corrected chi connectivity index (χ0v) is 21.2. The smallest absolute Gasteiger partial charge is 0.335 e. The van der Waals surface area contributed by atoms with E-state index in [0.717, 1.165) is 42.1 Å². The average molecular weight is 512 g/mol. The van der Waals surface area contributed by atoms with Gasteiger partial charge in [0.1, 0.15) is 11.5 Å². The van der Waals surface area contributed by atoms with Crippen LogP contribution < -0.4 is 14.4 Å². The van der Waals surface area contributed by atoms with E-state index in [1.807, 2.05) is 24.3 Å². The van der Waals surface area contributed by atoms with E-state index < -0.39 is 11.9 Å². The summed E-state index contributed by atoms with van der Waals surface area (Å²) in [4.78, 5) is 25.6. The maximum absolute atomic E-state index is 11.7. The molecule has 0 amide bonds. The molecule has 0 radical (unpaired) electrons. The Hall–Kier alpha value is -5.16. The molecule has 0 unspecified atom stereocenters. The Balaban J connectivity index is 1.50. The SMILES string of the molecule is C=CC(=O)Oc1ccc(N(c2ccc(OC(=O)C=C)cc2)c2ccc3ccc4c5c3c2CC=C5CC=C4)cc1. The Morgan fingerprint density at radius 1 is 0.744 bits per heavy atom. The highest BCUT2D eigenvalue weighted by Gasteiger charge is 2.24. The molecule has 4 aromatic carbocycles. The molecule has 0 saturated carbocycles. The van der Waals surface area contributed by atoms with Crippen LogP contribution in [0.5, 0.6) is 11.5 Å². The first kappa shape index (κ1) is 24.2. The van der Waals surface area contributed by atoms with Gasteiger partial charge in [0.05, 0.1) is 5.69 Å². The van der Waals surface area contributed by atoms with E-state index in [1.165, 1.54) is 33.0 Å². The van der Waals surface area contributed by atoms with Gasteiger partial charge in [-0.25, -0.2) is 9.59 Å². The van der Waals surface area contributed by atoms with E-state index in [4.69, 9.17) is 9.47 Å². The second kappa shape index (κ2) is 9.95. The minimum Gasteiger partial charge on any atom is -0.423 e. The quantitative estimate of drug-likeness (QED) is 0.144. The van der Waals surface area contributed by atoms with Gasteiger partial charge in [-0.2, -0.15) is 0 Å². The first-order valence-electron chi connectivity index (χ1n) is 12.7. The molecular formula is C34H25NO4. The topological polar surface area (TPSA) is 55.8 Å². The van der Waals surface area contributed by atoms with Crippen LogP contribution in [-0.4, -0.2) is 11.9 Å². The molecule has 4 aromatic rings. The van der Waals surface area contributed by atoms with Crippen LogP contribution in [0.4, 0.5) is 17.1 Å². The third kappa shape index (κ3) is 4.44. The maximum Gasteiger partial charge on any atom is 0.335 e. The Labute approximate surface area is 226 Å². The molecule has 5 nitrogen and oxygen atoms in total. The molecule has 0 bridgehead atoms. The minimum absolute atomic E-state index is 0.434. The molecule has 0 atom stereocenters. The number of esters is 2. The second-order valence-electron chi connectivity index (χ2n) is 9.30. The first-order chi connectivity index (χ1) is 19.1. The van der Waals surface area contributed by atoms with E-state index in [9.17, 15) is 9.59 Å². The summed E-state index contributed by atoms with van der Waals surface area (Å²) in [7, 11) is 0. The summed E-state index contributed by atoms with van der Waals surface area (Å²) in [5.41, 5.74) is 8.00. The largest absolute Gasteiger partial charge is 0.423 e. The highest BCUT2D eigenvalue weighted by atomic mass is 16.5. The van der Waals surface area contributed by atoms with Crippen LogP contribution in [0.1, 0.15) is 23.1 Å². The second-order valence-corrected chi connectivity index (χ2v) is 9.30. The summed E-state index contributed by atoms with van der Waals surface area (Å²) in [5, 5.41) is 2.50. The minimum atomic E-state index is -0.510. The number of hydrogen-bond donors (Lipinski definition) is 0. The Morgan fingerprint density at radius 2 is 1.33 bits per heavy atom. The van der Waals surface area contributed by atoms with Gasteiger partial charge in [-0.1, -0.05) is 49.6 Å². The van der Waals surface area contributed by atoms with E-state index in [0.29, 0.717) is 11.5 Å². The van der Waals surface area contributed by atoms with Crippen molar-refractivity contribution in [2.24, 2.45) is 0 Å². The number of hydrogen-bond acceptors (Lipinski definition) is 5.